The normalized spacial score (nSPS) is 21.4. The first-order chi connectivity index (χ1) is 18.5. The van der Waals surface area contributed by atoms with Gasteiger partial charge in [-0.1, -0.05) is 0 Å². The molecule has 3 rings (SSSR count). The monoisotopic (exact) mass is 574 g/mol. The van der Waals surface area contributed by atoms with Crippen LogP contribution in [-0.2, 0) is 17.9 Å². The second-order valence-corrected chi connectivity index (χ2v) is 21.0. The summed E-state index contributed by atoms with van der Waals surface area (Å²) in [6.07, 6.45) is 29.8. The zero-order valence-corrected chi connectivity index (χ0v) is 27.4. The molecule has 0 N–H and O–H groups in total. The van der Waals surface area contributed by atoms with E-state index in [-0.39, 0.29) is 0 Å². The van der Waals surface area contributed by atoms with Gasteiger partial charge in [-0.2, -0.15) is 0 Å². The number of unbranched alkanes of at least 4 members (excludes halogenated alkanes) is 10. The van der Waals surface area contributed by atoms with Crippen LogP contribution in [0.3, 0.4) is 0 Å². The molecule has 0 amide bonds. The van der Waals surface area contributed by atoms with Crippen molar-refractivity contribution in [1.29, 1.82) is 0 Å². The number of phosphoric acid groups is 1. The summed E-state index contributed by atoms with van der Waals surface area (Å²) in [7, 11) is -3.63. The fraction of sp³-hybridized carbons (Fsp3) is 1.00. The Labute approximate surface area is 237 Å². The second kappa shape index (κ2) is 16.9. The first-order valence-electron chi connectivity index (χ1n) is 17.1. The van der Waals surface area contributed by atoms with Crippen molar-refractivity contribution in [3.8, 4) is 0 Å². The predicted molar refractivity (Wildman–Crippen MR) is 167 cm³/mol. The van der Waals surface area contributed by atoms with Crippen molar-refractivity contribution in [1.82, 2.24) is 0 Å². The summed E-state index contributed by atoms with van der Waals surface area (Å²) in [5.74, 6) is 0. The number of hydrogen-bond donors (Lipinski definition) is 0. The average molecular weight is 575 g/mol. The SMILES string of the molecule is CCCCCCCCOP(=O)(OCCCCCCCC)OP(C)(C1CCCC1)(C1CCCC1)C1CCCC1. The number of rotatable bonds is 21. The van der Waals surface area contributed by atoms with Crippen LogP contribution in [0.1, 0.15) is 168 Å². The van der Waals surface area contributed by atoms with Crippen molar-refractivity contribution in [3.63, 3.8) is 0 Å². The molecule has 0 aromatic carbocycles. The second-order valence-electron chi connectivity index (χ2n) is 13.3. The maximum absolute atomic E-state index is 14.7. The van der Waals surface area contributed by atoms with Gasteiger partial charge in [-0.15, -0.1) is 0 Å². The molecule has 0 saturated heterocycles. The molecule has 0 atom stereocenters. The van der Waals surface area contributed by atoms with Gasteiger partial charge in [0.2, 0.25) is 0 Å². The van der Waals surface area contributed by atoms with E-state index < -0.39 is 14.7 Å². The van der Waals surface area contributed by atoms with E-state index in [1.54, 1.807) is 0 Å². The van der Waals surface area contributed by atoms with Gasteiger partial charge in [-0.3, -0.25) is 0 Å². The van der Waals surface area contributed by atoms with Gasteiger partial charge in [0.15, 0.2) is 0 Å². The Morgan fingerprint density at radius 1 is 0.553 bits per heavy atom. The summed E-state index contributed by atoms with van der Waals surface area (Å²) in [5, 5.41) is 0. The average Bonchev–Trinajstić information content (AvgIpc) is 3.72. The summed E-state index contributed by atoms with van der Waals surface area (Å²) >= 11 is 0. The van der Waals surface area contributed by atoms with Crippen molar-refractivity contribution in [2.45, 2.75) is 185 Å². The molecular weight excluding hydrogens is 510 g/mol. The van der Waals surface area contributed by atoms with Crippen LogP contribution in [-0.4, -0.2) is 36.9 Å². The molecule has 0 aromatic heterocycles. The van der Waals surface area contributed by atoms with Gasteiger partial charge in [0.25, 0.3) is 0 Å². The molecule has 3 saturated carbocycles. The van der Waals surface area contributed by atoms with Gasteiger partial charge < -0.3 is 0 Å². The zero-order valence-electron chi connectivity index (χ0n) is 25.6. The Morgan fingerprint density at radius 2 is 0.868 bits per heavy atom. The molecule has 0 unspecified atom stereocenters. The van der Waals surface area contributed by atoms with E-state index in [1.807, 2.05) is 0 Å². The molecule has 3 aliphatic carbocycles. The Bertz CT molecular complexity index is 615. The van der Waals surface area contributed by atoms with Crippen molar-refractivity contribution in [2.75, 3.05) is 19.9 Å². The Balaban J connectivity index is 1.77. The zero-order chi connectivity index (χ0) is 27.2. The van der Waals surface area contributed by atoms with Crippen LogP contribution in [0.2, 0.25) is 0 Å². The molecule has 4 nitrogen and oxygen atoms in total. The van der Waals surface area contributed by atoms with Gasteiger partial charge in [-0.25, -0.2) is 0 Å². The van der Waals surface area contributed by atoms with E-state index in [0.29, 0.717) is 30.2 Å². The molecular formula is C32H64O4P2. The molecule has 3 fully saturated rings. The number of phosphoric ester groups is 1. The molecule has 0 heterocycles. The summed E-state index contributed by atoms with van der Waals surface area (Å²) < 4.78 is 34.8. The molecule has 6 heteroatoms. The van der Waals surface area contributed by atoms with Crippen LogP contribution < -0.4 is 0 Å². The van der Waals surface area contributed by atoms with E-state index in [4.69, 9.17) is 13.4 Å². The van der Waals surface area contributed by atoms with Crippen LogP contribution in [0, 0.1) is 0 Å². The van der Waals surface area contributed by atoms with E-state index in [9.17, 15) is 4.57 Å². The maximum atomic E-state index is 14.7. The minimum atomic E-state index is -3.63. The van der Waals surface area contributed by atoms with Crippen molar-refractivity contribution >= 4 is 14.7 Å². The van der Waals surface area contributed by atoms with Gasteiger partial charge in [0, 0.05) is 0 Å². The first kappa shape index (κ1) is 33.0. The van der Waals surface area contributed by atoms with E-state index in [2.05, 4.69) is 20.5 Å². The quantitative estimate of drug-likeness (QED) is 0.101. The molecule has 0 aromatic rings. The summed E-state index contributed by atoms with van der Waals surface area (Å²) in [4.78, 5) is 0. The minimum absolute atomic E-state index is 0.506. The van der Waals surface area contributed by atoms with Crippen LogP contribution in [0.25, 0.3) is 0 Å². The molecule has 0 aliphatic heterocycles. The first-order valence-corrected chi connectivity index (χ1v) is 21.3. The summed E-state index contributed by atoms with van der Waals surface area (Å²) in [6, 6.07) is 0. The van der Waals surface area contributed by atoms with Crippen molar-refractivity contribution in [3.05, 3.63) is 0 Å². The molecule has 0 bridgehead atoms. The van der Waals surface area contributed by atoms with Crippen LogP contribution in [0.5, 0.6) is 0 Å². The van der Waals surface area contributed by atoms with Crippen molar-refractivity contribution < 1.29 is 17.9 Å². The van der Waals surface area contributed by atoms with Crippen LogP contribution in [0.4, 0.5) is 0 Å². The topological polar surface area (TPSA) is 44.8 Å². The van der Waals surface area contributed by atoms with Crippen molar-refractivity contribution in [2.24, 2.45) is 0 Å². The Morgan fingerprint density at radius 3 is 1.21 bits per heavy atom. The summed E-state index contributed by atoms with van der Waals surface area (Å²) in [5.41, 5.74) is 1.78. The van der Waals surface area contributed by atoms with E-state index in [1.165, 1.54) is 128 Å². The predicted octanol–water partition coefficient (Wildman–Crippen LogP) is 11.8. The van der Waals surface area contributed by atoms with Gasteiger partial charge in [0.05, 0.1) is 0 Å². The van der Waals surface area contributed by atoms with Crippen LogP contribution >= 0.6 is 14.7 Å². The fourth-order valence-corrected chi connectivity index (χ4v) is 20.1. The third-order valence-electron chi connectivity index (χ3n) is 10.6. The number of hydrogen-bond acceptors (Lipinski definition) is 4. The fourth-order valence-electron chi connectivity index (χ4n) is 8.27. The Kier molecular flexibility index (Phi) is 14.7. The van der Waals surface area contributed by atoms with Gasteiger partial charge in [-0.05, 0) is 0 Å². The van der Waals surface area contributed by atoms with Crippen LogP contribution in [0.15, 0.2) is 0 Å². The summed E-state index contributed by atoms with van der Waals surface area (Å²) in [6.45, 7) is 5.25. The molecule has 3 aliphatic rings. The molecule has 0 radical (unpaired) electrons. The van der Waals surface area contributed by atoms with E-state index >= 15 is 0 Å². The van der Waals surface area contributed by atoms with E-state index in [0.717, 1.165) is 25.7 Å². The molecule has 38 heavy (non-hydrogen) atoms. The standard InChI is InChI=1S/C32H64O4P2/c1-4-6-8-10-12-20-28-34-37(33,35-29-21-13-11-9-7-5-2)36-38(3,30-22-14-15-23-30,31-24-16-17-25-31)32-26-18-19-27-32/h30-32H,4-29H2,1-3H3. The van der Waals surface area contributed by atoms with Gasteiger partial charge >= 0.3 is 237 Å². The molecule has 226 valence electrons. The Hall–Kier alpha value is 0.540. The third kappa shape index (κ3) is 8.77. The third-order valence-corrected chi connectivity index (χ3v) is 21.3. The van der Waals surface area contributed by atoms with Gasteiger partial charge in [0.1, 0.15) is 0 Å². The molecule has 0 spiro atoms.